The van der Waals surface area contributed by atoms with E-state index in [0.717, 1.165) is 26.0 Å². The normalized spacial score (nSPS) is 11.0. The number of allylic oxidation sites excluding steroid dienone is 1. The number of hydrogen-bond donors (Lipinski definition) is 0. The lowest BCUT2D eigenvalue weighted by molar-refractivity contribution is 0.267. The van der Waals surface area contributed by atoms with E-state index in [0.29, 0.717) is 24.5 Å². The molecule has 0 unspecified atom stereocenters. The largest absolute Gasteiger partial charge is 0.490 e. The fourth-order valence-corrected chi connectivity index (χ4v) is 3.55. The minimum atomic E-state index is 0.472. The van der Waals surface area contributed by atoms with E-state index in [-0.39, 0.29) is 0 Å². The van der Waals surface area contributed by atoms with Crippen LogP contribution in [-0.2, 0) is 6.61 Å². The molecule has 0 amide bonds. The molecule has 0 heterocycles. The molecule has 3 aromatic carbocycles. The van der Waals surface area contributed by atoms with Crippen molar-refractivity contribution in [1.82, 2.24) is 0 Å². The topological polar surface area (TPSA) is 42.2 Å². The molecule has 0 radical (unpaired) electrons. The third-order valence-electron chi connectivity index (χ3n) is 4.07. The Morgan fingerprint density at radius 1 is 1.00 bits per heavy atom. The molecular weight excluding hydrogens is 461 g/mol. The Kier molecular flexibility index (Phi) is 7.10. The predicted octanol–water partition coefficient (Wildman–Crippen LogP) is 6.33. The second kappa shape index (κ2) is 9.95. The smallest absolute Gasteiger partial charge is 0.175 e. The van der Waals surface area contributed by atoms with Gasteiger partial charge in [-0.15, -0.1) is 0 Å². The fraction of sp³-hybridized carbons (Fsp3) is 0.125. The van der Waals surface area contributed by atoms with Crippen molar-refractivity contribution >= 4 is 34.2 Å². The predicted molar refractivity (Wildman–Crippen MR) is 121 cm³/mol. The van der Waals surface area contributed by atoms with Crippen molar-refractivity contribution in [2.24, 2.45) is 0 Å². The van der Waals surface area contributed by atoms with Crippen LogP contribution >= 0.6 is 22.6 Å². The highest BCUT2D eigenvalue weighted by molar-refractivity contribution is 14.1. The molecule has 0 atom stereocenters. The third kappa shape index (κ3) is 5.14. The maximum absolute atomic E-state index is 9.57. The van der Waals surface area contributed by atoms with Crippen molar-refractivity contribution in [2.45, 2.75) is 13.5 Å². The molecule has 0 aliphatic rings. The van der Waals surface area contributed by atoms with Gasteiger partial charge in [0.2, 0.25) is 0 Å². The standard InChI is InChI=1S/C24H20INO2/c1-2-27-23-15-19(13-21(16-26)20-11-7-4-8-12-20)14-22(25)24(23)28-17-18-9-5-3-6-10-18/h3-15H,2,17H2,1H3/b21-13-. The zero-order valence-electron chi connectivity index (χ0n) is 15.6. The minimum absolute atomic E-state index is 0.472. The van der Waals surface area contributed by atoms with E-state index >= 15 is 0 Å². The summed E-state index contributed by atoms with van der Waals surface area (Å²) in [6.45, 7) is 2.95. The first-order valence-electron chi connectivity index (χ1n) is 9.01. The van der Waals surface area contributed by atoms with Gasteiger partial charge in [0.1, 0.15) is 6.61 Å². The van der Waals surface area contributed by atoms with Crippen molar-refractivity contribution in [2.75, 3.05) is 6.61 Å². The highest BCUT2D eigenvalue weighted by Crippen LogP contribution is 2.36. The summed E-state index contributed by atoms with van der Waals surface area (Å²) in [6, 6.07) is 25.9. The van der Waals surface area contributed by atoms with Crippen molar-refractivity contribution < 1.29 is 9.47 Å². The fourth-order valence-electron chi connectivity index (χ4n) is 2.77. The van der Waals surface area contributed by atoms with Crippen LogP contribution in [0.2, 0.25) is 0 Å². The Hall–Kier alpha value is -2.78. The van der Waals surface area contributed by atoms with Crippen LogP contribution in [0.4, 0.5) is 0 Å². The van der Waals surface area contributed by atoms with Gasteiger partial charge in [0.25, 0.3) is 0 Å². The lowest BCUT2D eigenvalue weighted by Gasteiger charge is -2.15. The zero-order chi connectivity index (χ0) is 19.8. The molecule has 0 N–H and O–H groups in total. The van der Waals surface area contributed by atoms with Crippen molar-refractivity contribution in [3.63, 3.8) is 0 Å². The Morgan fingerprint density at radius 2 is 1.68 bits per heavy atom. The van der Waals surface area contributed by atoms with Crippen LogP contribution in [0.1, 0.15) is 23.6 Å². The van der Waals surface area contributed by atoms with Gasteiger partial charge in [-0.3, -0.25) is 0 Å². The highest BCUT2D eigenvalue weighted by atomic mass is 127. The van der Waals surface area contributed by atoms with Gasteiger partial charge in [0.15, 0.2) is 11.5 Å². The molecule has 0 spiro atoms. The van der Waals surface area contributed by atoms with Gasteiger partial charge >= 0.3 is 0 Å². The highest BCUT2D eigenvalue weighted by Gasteiger charge is 2.13. The molecule has 0 aliphatic carbocycles. The number of hydrogen-bond acceptors (Lipinski definition) is 3. The molecular formula is C24H20INO2. The van der Waals surface area contributed by atoms with E-state index < -0.39 is 0 Å². The van der Waals surface area contributed by atoms with Crippen molar-refractivity contribution in [3.8, 4) is 17.6 Å². The molecule has 0 aliphatic heterocycles. The summed E-state index contributed by atoms with van der Waals surface area (Å²) in [5, 5.41) is 9.57. The number of benzene rings is 3. The number of halogens is 1. The second-order valence-electron chi connectivity index (χ2n) is 6.07. The molecule has 3 nitrogen and oxygen atoms in total. The summed E-state index contributed by atoms with van der Waals surface area (Å²) in [6.07, 6.45) is 1.88. The summed E-state index contributed by atoms with van der Waals surface area (Å²) in [5.74, 6) is 1.41. The first-order chi connectivity index (χ1) is 13.7. The Labute approximate surface area is 179 Å². The third-order valence-corrected chi connectivity index (χ3v) is 4.88. The SMILES string of the molecule is CCOc1cc(/C=C(/C#N)c2ccccc2)cc(I)c1OCc1ccccc1. The maximum atomic E-state index is 9.57. The molecule has 0 bridgehead atoms. The minimum Gasteiger partial charge on any atom is -0.490 e. The molecule has 0 fully saturated rings. The number of nitrogens with zero attached hydrogens (tertiary/aromatic N) is 1. The summed E-state index contributed by atoms with van der Waals surface area (Å²) < 4.78 is 12.8. The first-order valence-corrected chi connectivity index (χ1v) is 10.1. The number of ether oxygens (including phenoxy) is 2. The summed E-state index contributed by atoms with van der Waals surface area (Å²) in [7, 11) is 0. The molecule has 0 saturated heterocycles. The van der Waals surface area contributed by atoms with Crippen LogP contribution in [0.3, 0.4) is 0 Å². The maximum Gasteiger partial charge on any atom is 0.175 e. The van der Waals surface area contributed by atoms with Crippen LogP contribution in [0.15, 0.2) is 72.8 Å². The quantitative estimate of drug-likeness (QED) is 0.225. The monoisotopic (exact) mass is 481 g/mol. The van der Waals surface area contributed by atoms with Crippen LogP contribution in [0, 0.1) is 14.9 Å². The van der Waals surface area contributed by atoms with Gasteiger partial charge in [-0.2, -0.15) is 5.26 Å². The van der Waals surface area contributed by atoms with Gasteiger partial charge in [-0.25, -0.2) is 0 Å². The van der Waals surface area contributed by atoms with E-state index in [4.69, 9.17) is 9.47 Å². The summed E-state index contributed by atoms with van der Waals surface area (Å²) in [5.41, 5.74) is 3.50. The van der Waals surface area contributed by atoms with E-state index in [1.54, 1.807) is 0 Å². The van der Waals surface area contributed by atoms with Gasteiger partial charge in [0.05, 0.1) is 21.8 Å². The Balaban J connectivity index is 1.92. The molecule has 3 rings (SSSR count). The van der Waals surface area contributed by atoms with Crippen LogP contribution in [-0.4, -0.2) is 6.61 Å². The van der Waals surface area contributed by atoms with Gasteiger partial charge in [0, 0.05) is 0 Å². The molecule has 140 valence electrons. The van der Waals surface area contributed by atoms with E-state index in [1.165, 1.54) is 0 Å². The Morgan fingerprint density at radius 3 is 2.32 bits per heavy atom. The molecule has 4 heteroatoms. The van der Waals surface area contributed by atoms with E-state index in [9.17, 15) is 5.26 Å². The van der Waals surface area contributed by atoms with E-state index in [2.05, 4.69) is 28.7 Å². The average molecular weight is 481 g/mol. The number of nitriles is 1. The van der Waals surface area contributed by atoms with Gasteiger partial charge < -0.3 is 9.47 Å². The van der Waals surface area contributed by atoms with Crippen LogP contribution in [0.5, 0.6) is 11.5 Å². The first kappa shape index (κ1) is 20.0. The van der Waals surface area contributed by atoms with Crippen LogP contribution in [0.25, 0.3) is 11.6 Å². The molecule has 28 heavy (non-hydrogen) atoms. The van der Waals surface area contributed by atoms with E-state index in [1.807, 2.05) is 85.8 Å². The van der Waals surface area contributed by atoms with Gasteiger partial charge in [-0.1, -0.05) is 60.7 Å². The van der Waals surface area contributed by atoms with Gasteiger partial charge in [-0.05, 0) is 64.4 Å². The number of rotatable bonds is 7. The Bertz CT molecular complexity index is 992. The van der Waals surface area contributed by atoms with Crippen molar-refractivity contribution in [1.29, 1.82) is 5.26 Å². The van der Waals surface area contributed by atoms with Crippen LogP contribution < -0.4 is 9.47 Å². The average Bonchev–Trinajstić information content (AvgIpc) is 2.73. The molecule has 3 aromatic rings. The zero-order valence-corrected chi connectivity index (χ0v) is 17.7. The molecule has 0 aromatic heterocycles. The summed E-state index contributed by atoms with van der Waals surface area (Å²) in [4.78, 5) is 0. The molecule has 0 saturated carbocycles. The van der Waals surface area contributed by atoms with Crippen molar-refractivity contribution in [3.05, 3.63) is 93.1 Å². The summed E-state index contributed by atoms with van der Waals surface area (Å²) >= 11 is 2.25. The lowest BCUT2D eigenvalue weighted by atomic mass is 10.0. The second-order valence-corrected chi connectivity index (χ2v) is 7.24. The lowest BCUT2D eigenvalue weighted by Crippen LogP contribution is -2.02.